The van der Waals surface area contributed by atoms with Gasteiger partial charge in [0.05, 0.1) is 6.04 Å². The lowest BCUT2D eigenvalue weighted by Crippen LogP contribution is -2.48. The second kappa shape index (κ2) is 10.6. The van der Waals surface area contributed by atoms with Crippen LogP contribution in [0.3, 0.4) is 0 Å². The van der Waals surface area contributed by atoms with Gasteiger partial charge in [0.2, 0.25) is 11.8 Å². The van der Waals surface area contributed by atoms with Gasteiger partial charge in [-0.25, -0.2) is 0 Å². The van der Waals surface area contributed by atoms with Gasteiger partial charge in [-0.3, -0.25) is 9.59 Å². The van der Waals surface area contributed by atoms with E-state index in [4.69, 9.17) is 10.5 Å². The highest BCUT2D eigenvalue weighted by molar-refractivity contribution is 5.82. The van der Waals surface area contributed by atoms with Crippen molar-refractivity contribution in [3.63, 3.8) is 0 Å². The van der Waals surface area contributed by atoms with Gasteiger partial charge in [0, 0.05) is 38.8 Å². The molecule has 0 aromatic heterocycles. The number of carbonyl (C=O) groups is 2. The Hall–Kier alpha value is -1.14. The van der Waals surface area contributed by atoms with Crippen molar-refractivity contribution in [2.24, 2.45) is 11.7 Å². The van der Waals surface area contributed by atoms with Crippen molar-refractivity contribution in [2.75, 3.05) is 32.8 Å². The van der Waals surface area contributed by atoms with Crippen LogP contribution in [-0.2, 0) is 14.3 Å². The van der Waals surface area contributed by atoms with Crippen LogP contribution in [0.25, 0.3) is 0 Å². The number of hydrogen-bond acceptors (Lipinski definition) is 4. The highest BCUT2D eigenvalue weighted by Crippen LogP contribution is 2.18. The van der Waals surface area contributed by atoms with Crippen molar-refractivity contribution in [3.8, 4) is 0 Å². The van der Waals surface area contributed by atoms with Gasteiger partial charge in [-0.05, 0) is 32.6 Å². The van der Waals surface area contributed by atoms with Crippen molar-refractivity contribution < 1.29 is 14.3 Å². The molecule has 1 fully saturated rings. The van der Waals surface area contributed by atoms with E-state index >= 15 is 0 Å². The molecule has 128 valence electrons. The Morgan fingerprint density at radius 2 is 2.00 bits per heavy atom. The van der Waals surface area contributed by atoms with E-state index in [9.17, 15) is 9.59 Å². The van der Waals surface area contributed by atoms with Crippen molar-refractivity contribution >= 4 is 11.8 Å². The molecule has 1 aliphatic rings. The molecule has 0 aliphatic carbocycles. The van der Waals surface area contributed by atoms with E-state index in [1.807, 2.05) is 13.8 Å². The van der Waals surface area contributed by atoms with E-state index in [-0.39, 0.29) is 17.7 Å². The smallest absolute Gasteiger partial charge is 0.239 e. The summed E-state index contributed by atoms with van der Waals surface area (Å²) in [7, 11) is 0. The zero-order chi connectivity index (χ0) is 16.4. The predicted molar refractivity (Wildman–Crippen MR) is 86.3 cm³/mol. The molecule has 1 atom stereocenters. The highest BCUT2D eigenvalue weighted by Gasteiger charge is 2.28. The van der Waals surface area contributed by atoms with E-state index in [1.165, 1.54) is 0 Å². The minimum Gasteiger partial charge on any atom is -0.382 e. The Labute approximate surface area is 133 Å². The third-order valence-corrected chi connectivity index (χ3v) is 4.06. The van der Waals surface area contributed by atoms with E-state index < -0.39 is 6.04 Å². The number of nitrogens with zero attached hydrogens (tertiary/aromatic N) is 1. The third kappa shape index (κ3) is 6.32. The van der Waals surface area contributed by atoms with Crippen molar-refractivity contribution in [1.82, 2.24) is 10.2 Å². The number of rotatable bonds is 9. The maximum absolute atomic E-state index is 12.1. The van der Waals surface area contributed by atoms with Crippen LogP contribution in [0, 0.1) is 5.92 Å². The minimum atomic E-state index is -0.394. The first-order chi connectivity index (χ1) is 10.6. The summed E-state index contributed by atoms with van der Waals surface area (Å²) in [4.78, 5) is 26.0. The SMILES string of the molecule is CCCC(N)C(=O)N1CCC(C(=O)NCCCOCC)CC1. The number of amides is 2. The summed E-state index contributed by atoms with van der Waals surface area (Å²) < 4.78 is 5.24. The van der Waals surface area contributed by atoms with Crippen LogP contribution in [0.15, 0.2) is 0 Å². The Kier molecular flexibility index (Phi) is 9.08. The van der Waals surface area contributed by atoms with Gasteiger partial charge in [0.1, 0.15) is 0 Å². The standard InChI is InChI=1S/C16H31N3O3/c1-3-6-14(17)16(21)19-10-7-13(8-11-19)15(20)18-9-5-12-22-4-2/h13-14H,3-12,17H2,1-2H3,(H,18,20). The zero-order valence-corrected chi connectivity index (χ0v) is 14.0. The number of nitrogens with two attached hydrogens (primary N) is 1. The number of likely N-dealkylation sites (tertiary alicyclic amines) is 1. The average Bonchev–Trinajstić information content (AvgIpc) is 2.54. The van der Waals surface area contributed by atoms with E-state index in [0.717, 1.165) is 32.1 Å². The largest absolute Gasteiger partial charge is 0.382 e. The summed E-state index contributed by atoms with van der Waals surface area (Å²) in [6, 6.07) is -0.394. The van der Waals surface area contributed by atoms with Gasteiger partial charge < -0.3 is 20.7 Å². The number of piperidine rings is 1. The molecule has 6 nitrogen and oxygen atoms in total. The summed E-state index contributed by atoms with van der Waals surface area (Å²) in [6.45, 7) is 7.29. The molecule has 0 radical (unpaired) electrons. The van der Waals surface area contributed by atoms with Gasteiger partial charge in [-0.2, -0.15) is 0 Å². The van der Waals surface area contributed by atoms with E-state index in [0.29, 0.717) is 32.8 Å². The van der Waals surface area contributed by atoms with Gasteiger partial charge >= 0.3 is 0 Å². The first-order valence-electron chi connectivity index (χ1n) is 8.49. The molecule has 0 spiro atoms. The molecule has 3 N–H and O–H groups in total. The molecule has 22 heavy (non-hydrogen) atoms. The predicted octanol–water partition coefficient (Wildman–Crippen LogP) is 0.895. The van der Waals surface area contributed by atoms with Crippen LogP contribution < -0.4 is 11.1 Å². The Morgan fingerprint density at radius 3 is 2.59 bits per heavy atom. The molecule has 1 aliphatic heterocycles. The minimum absolute atomic E-state index is 0.0125. The summed E-state index contributed by atoms with van der Waals surface area (Å²) in [5.41, 5.74) is 5.88. The molecule has 1 saturated heterocycles. The summed E-state index contributed by atoms with van der Waals surface area (Å²) in [5.74, 6) is 0.136. The van der Waals surface area contributed by atoms with Crippen molar-refractivity contribution in [1.29, 1.82) is 0 Å². The highest BCUT2D eigenvalue weighted by atomic mass is 16.5. The summed E-state index contributed by atoms with van der Waals surface area (Å²) in [6.07, 6.45) is 3.92. The maximum atomic E-state index is 12.1. The number of ether oxygens (including phenoxy) is 1. The average molecular weight is 313 g/mol. The van der Waals surface area contributed by atoms with Gasteiger partial charge in [-0.1, -0.05) is 13.3 Å². The molecular formula is C16H31N3O3. The number of nitrogens with one attached hydrogen (secondary N) is 1. The van der Waals surface area contributed by atoms with Crippen molar-refractivity contribution in [2.45, 2.75) is 52.0 Å². The molecule has 1 heterocycles. The summed E-state index contributed by atoms with van der Waals surface area (Å²) in [5, 5.41) is 2.95. The topological polar surface area (TPSA) is 84.7 Å². The molecule has 0 aromatic rings. The molecule has 0 bridgehead atoms. The summed E-state index contributed by atoms with van der Waals surface area (Å²) >= 11 is 0. The lowest BCUT2D eigenvalue weighted by Gasteiger charge is -2.33. The second-order valence-electron chi connectivity index (χ2n) is 5.84. The fourth-order valence-corrected chi connectivity index (χ4v) is 2.71. The van der Waals surface area contributed by atoms with Crippen LogP contribution in [0.1, 0.15) is 46.0 Å². The fraction of sp³-hybridized carbons (Fsp3) is 0.875. The van der Waals surface area contributed by atoms with Crippen LogP contribution in [0.2, 0.25) is 0 Å². The molecular weight excluding hydrogens is 282 g/mol. The quantitative estimate of drug-likeness (QED) is 0.619. The first-order valence-corrected chi connectivity index (χ1v) is 8.49. The maximum Gasteiger partial charge on any atom is 0.239 e. The Balaban J connectivity index is 2.23. The van der Waals surface area contributed by atoms with E-state index in [2.05, 4.69) is 5.32 Å². The fourth-order valence-electron chi connectivity index (χ4n) is 2.71. The van der Waals surface area contributed by atoms with Crippen LogP contribution in [-0.4, -0.2) is 55.6 Å². The number of hydrogen-bond donors (Lipinski definition) is 2. The third-order valence-electron chi connectivity index (χ3n) is 4.06. The molecule has 1 unspecified atom stereocenters. The van der Waals surface area contributed by atoms with Gasteiger partial charge in [0.15, 0.2) is 0 Å². The van der Waals surface area contributed by atoms with Crippen LogP contribution >= 0.6 is 0 Å². The first kappa shape index (κ1) is 18.9. The van der Waals surface area contributed by atoms with E-state index in [1.54, 1.807) is 4.90 Å². The van der Waals surface area contributed by atoms with Gasteiger partial charge in [-0.15, -0.1) is 0 Å². The lowest BCUT2D eigenvalue weighted by molar-refractivity contribution is -0.136. The zero-order valence-electron chi connectivity index (χ0n) is 14.0. The second-order valence-corrected chi connectivity index (χ2v) is 5.84. The molecule has 2 amide bonds. The molecule has 6 heteroatoms. The lowest BCUT2D eigenvalue weighted by atomic mass is 9.95. The molecule has 0 aromatic carbocycles. The monoisotopic (exact) mass is 313 g/mol. The van der Waals surface area contributed by atoms with Crippen LogP contribution in [0.5, 0.6) is 0 Å². The normalized spacial score (nSPS) is 17.3. The van der Waals surface area contributed by atoms with Crippen LogP contribution in [0.4, 0.5) is 0 Å². The van der Waals surface area contributed by atoms with Crippen molar-refractivity contribution in [3.05, 3.63) is 0 Å². The Bertz CT molecular complexity index is 342. The Morgan fingerprint density at radius 1 is 1.32 bits per heavy atom. The molecule has 1 rings (SSSR count). The molecule has 0 saturated carbocycles. The van der Waals surface area contributed by atoms with Gasteiger partial charge in [0.25, 0.3) is 0 Å². The number of carbonyl (C=O) groups excluding carboxylic acids is 2.